The number of hydrogen-bond acceptors (Lipinski definition) is 5. The molecule has 2 aliphatic rings. The third-order valence-corrected chi connectivity index (χ3v) is 6.47. The van der Waals surface area contributed by atoms with E-state index in [1.54, 1.807) is 6.07 Å². The van der Waals surface area contributed by atoms with E-state index in [9.17, 15) is 14.4 Å². The molecular weight excluding hydrogens is 444 g/mol. The van der Waals surface area contributed by atoms with E-state index in [2.05, 4.69) is 10.4 Å². The number of amides is 3. The topological polar surface area (TPSA) is 91.3 Å². The third kappa shape index (κ3) is 5.95. The van der Waals surface area contributed by atoms with Crippen LogP contribution in [0.5, 0.6) is 0 Å². The molecule has 1 fully saturated rings. The largest absolute Gasteiger partial charge is 0.376 e. The molecule has 0 bridgehead atoms. The van der Waals surface area contributed by atoms with E-state index in [1.807, 2.05) is 57.2 Å². The van der Waals surface area contributed by atoms with Crippen molar-refractivity contribution < 1.29 is 19.1 Å². The maximum absolute atomic E-state index is 13.6. The van der Waals surface area contributed by atoms with Gasteiger partial charge in [-0.2, -0.15) is 5.10 Å². The van der Waals surface area contributed by atoms with Gasteiger partial charge < -0.3 is 15.0 Å². The molecule has 0 aromatic heterocycles. The molecule has 8 heteroatoms. The second-order valence-corrected chi connectivity index (χ2v) is 9.21. The number of carbonyl (C=O) groups excluding carboxylic acids is 3. The normalized spacial score (nSPS) is 17.8. The fourth-order valence-corrected chi connectivity index (χ4v) is 4.35. The minimum Gasteiger partial charge on any atom is -0.376 e. The molecule has 1 N–H and O–H groups in total. The second kappa shape index (κ2) is 10.8. The zero-order chi connectivity index (χ0) is 24.9. The lowest BCUT2D eigenvalue weighted by atomic mass is 10.1. The van der Waals surface area contributed by atoms with Gasteiger partial charge in [-0.15, -0.1) is 0 Å². The number of aryl methyl sites for hydroxylation is 2. The van der Waals surface area contributed by atoms with Crippen molar-refractivity contribution in [3.63, 3.8) is 0 Å². The molecule has 2 aromatic carbocycles. The van der Waals surface area contributed by atoms with Gasteiger partial charge in [0.15, 0.2) is 0 Å². The van der Waals surface area contributed by atoms with Gasteiger partial charge in [-0.3, -0.25) is 14.4 Å². The highest BCUT2D eigenvalue weighted by atomic mass is 16.5. The third-order valence-electron chi connectivity index (χ3n) is 6.47. The molecule has 1 saturated heterocycles. The summed E-state index contributed by atoms with van der Waals surface area (Å²) in [6.07, 6.45) is 2.06. The molecule has 8 nitrogen and oxygen atoms in total. The van der Waals surface area contributed by atoms with Crippen LogP contribution in [-0.4, -0.2) is 54.1 Å². The number of ether oxygens (including phenoxy) is 1. The second-order valence-electron chi connectivity index (χ2n) is 9.21. The minimum atomic E-state index is -0.346. The summed E-state index contributed by atoms with van der Waals surface area (Å²) < 4.78 is 5.75. The fraction of sp³-hybridized carbons (Fsp3) is 0.407. The van der Waals surface area contributed by atoms with E-state index in [4.69, 9.17) is 4.74 Å². The molecule has 4 rings (SSSR count). The Bertz CT molecular complexity index is 1150. The van der Waals surface area contributed by atoms with Gasteiger partial charge in [0.05, 0.1) is 11.8 Å². The van der Waals surface area contributed by atoms with Crippen LogP contribution >= 0.6 is 0 Å². The van der Waals surface area contributed by atoms with Crippen molar-refractivity contribution in [1.29, 1.82) is 0 Å². The zero-order valence-corrected chi connectivity index (χ0v) is 20.5. The molecule has 1 atom stereocenters. The maximum atomic E-state index is 13.6. The summed E-state index contributed by atoms with van der Waals surface area (Å²) in [5.74, 6) is -0.791. The molecule has 0 radical (unpaired) electrons. The van der Waals surface area contributed by atoms with Crippen LogP contribution < -0.4 is 10.3 Å². The number of benzene rings is 2. The highest BCUT2D eigenvalue weighted by Gasteiger charge is 2.31. The number of rotatable bonds is 7. The van der Waals surface area contributed by atoms with Gasteiger partial charge in [0.25, 0.3) is 5.91 Å². The van der Waals surface area contributed by atoms with Crippen LogP contribution in [0.15, 0.2) is 47.6 Å². The first-order chi connectivity index (χ1) is 16.8. The molecule has 0 aliphatic carbocycles. The summed E-state index contributed by atoms with van der Waals surface area (Å²) in [7, 11) is 0. The van der Waals surface area contributed by atoms with Gasteiger partial charge >= 0.3 is 0 Å². The van der Waals surface area contributed by atoms with Crippen LogP contribution in [0.2, 0.25) is 0 Å². The Hall–Kier alpha value is -3.52. The predicted molar refractivity (Wildman–Crippen MR) is 135 cm³/mol. The summed E-state index contributed by atoms with van der Waals surface area (Å²) >= 11 is 0. The Balaban J connectivity index is 1.55. The van der Waals surface area contributed by atoms with E-state index in [-0.39, 0.29) is 48.9 Å². The lowest BCUT2D eigenvalue weighted by Crippen LogP contribution is -2.47. The molecule has 3 amide bonds. The van der Waals surface area contributed by atoms with Crippen LogP contribution in [0, 0.1) is 20.8 Å². The number of nitrogens with zero attached hydrogens (tertiary/aromatic N) is 3. The van der Waals surface area contributed by atoms with Gasteiger partial charge in [0.1, 0.15) is 12.3 Å². The summed E-state index contributed by atoms with van der Waals surface area (Å²) in [6.45, 7) is 6.71. The lowest BCUT2D eigenvalue weighted by molar-refractivity contribution is -0.130. The lowest BCUT2D eigenvalue weighted by Gasteiger charge is -2.28. The van der Waals surface area contributed by atoms with E-state index >= 15 is 0 Å². The predicted octanol–water partition coefficient (Wildman–Crippen LogP) is 3.74. The minimum absolute atomic E-state index is 0.119. The Morgan fingerprint density at radius 2 is 1.94 bits per heavy atom. The number of nitrogens with one attached hydrogen (secondary N) is 1. The summed E-state index contributed by atoms with van der Waals surface area (Å²) in [4.78, 5) is 40.6. The molecule has 2 heterocycles. The van der Waals surface area contributed by atoms with E-state index in [0.29, 0.717) is 18.8 Å². The van der Waals surface area contributed by atoms with E-state index in [1.165, 1.54) is 9.91 Å². The first-order valence-corrected chi connectivity index (χ1v) is 12.1. The van der Waals surface area contributed by atoms with Crippen LogP contribution in [-0.2, 0) is 19.1 Å². The molecule has 35 heavy (non-hydrogen) atoms. The van der Waals surface area contributed by atoms with Crippen molar-refractivity contribution >= 4 is 34.8 Å². The molecule has 2 aromatic rings. The summed E-state index contributed by atoms with van der Waals surface area (Å²) in [5, 5.41) is 8.65. The fourth-order valence-electron chi connectivity index (χ4n) is 4.35. The van der Waals surface area contributed by atoms with E-state index in [0.717, 1.165) is 35.2 Å². The number of hydrogen-bond donors (Lipinski definition) is 1. The average molecular weight is 477 g/mol. The van der Waals surface area contributed by atoms with Crippen molar-refractivity contribution in [3.8, 4) is 0 Å². The highest BCUT2D eigenvalue weighted by Crippen LogP contribution is 2.23. The maximum Gasteiger partial charge on any atom is 0.270 e. The Labute approximate surface area is 205 Å². The van der Waals surface area contributed by atoms with Crippen molar-refractivity contribution in [2.45, 2.75) is 52.6 Å². The summed E-state index contributed by atoms with van der Waals surface area (Å²) in [5.41, 5.74) is 4.68. The van der Waals surface area contributed by atoms with Gasteiger partial charge in [-0.1, -0.05) is 24.3 Å². The number of hydrazone groups is 1. The number of anilines is 2. The van der Waals surface area contributed by atoms with Crippen molar-refractivity contribution in [2.24, 2.45) is 5.10 Å². The zero-order valence-electron chi connectivity index (χ0n) is 20.5. The number of carbonyl (C=O) groups is 3. The molecule has 0 spiro atoms. The van der Waals surface area contributed by atoms with Crippen LogP contribution in [0.1, 0.15) is 42.4 Å². The van der Waals surface area contributed by atoms with E-state index < -0.39 is 0 Å². The Kier molecular flexibility index (Phi) is 7.60. The highest BCUT2D eigenvalue weighted by molar-refractivity contribution is 6.40. The van der Waals surface area contributed by atoms with Gasteiger partial charge in [-0.25, -0.2) is 5.01 Å². The molecule has 0 saturated carbocycles. The average Bonchev–Trinajstić information content (AvgIpc) is 3.35. The van der Waals surface area contributed by atoms with Crippen LogP contribution in [0.25, 0.3) is 0 Å². The quantitative estimate of drug-likeness (QED) is 0.659. The van der Waals surface area contributed by atoms with Crippen LogP contribution in [0.4, 0.5) is 11.4 Å². The van der Waals surface area contributed by atoms with Gasteiger partial charge in [-0.05, 0) is 68.5 Å². The van der Waals surface area contributed by atoms with Gasteiger partial charge in [0.2, 0.25) is 11.8 Å². The SMILES string of the molecule is Cc1cccc(N2N=C(C(=O)N(CC(=O)Nc3cccc(C)c3C)C[C@H]3CCCO3)CCC2=O)c1. The first kappa shape index (κ1) is 24.6. The molecule has 184 valence electrons. The molecule has 2 aliphatic heterocycles. The van der Waals surface area contributed by atoms with Crippen molar-refractivity contribution in [1.82, 2.24) is 4.90 Å². The monoisotopic (exact) mass is 476 g/mol. The molecular formula is C27H32N4O4. The van der Waals surface area contributed by atoms with Crippen molar-refractivity contribution in [2.75, 3.05) is 30.0 Å². The first-order valence-electron chi connectivity index (χ1n) is 12.1. The Morgan fingerprint density at radius 1 is 1.14 bits per heavy atom. The molecule has 0 unspecified atom stereocenters. The Morgan fingerprint density at radius 3 is 2.69 bits per heavy atom. The standard InChI is InChI=1S/C27H32N4O4/c1-18-7-4-9-21(15-18)31-26(33)13-12-24(29-31)27(34)30(16-22-10-6-14-35-22)17-25(32)28-23-11-5-8-19(2)20(23)3/h4-5,7-9,11,15,22H,6,10,12-14,16-17H2,1-3H3,(H,28,32)/t22-/m1/s1. The smallest absolute Gasteiger partial charge is 0.270 e. The van der Waals surface area contributed by atoms with Gasteiger partial charge in [0, 0.05) is 31.7 Å². The van der Waals surface area contributed by atoms with Crippen molar-refractivity contribution in [3.05, 3.63) is 59.2 Å². The van der Waals surface area contributed by atoms with Crippen LogP contribution in [0.3, 0.4) is 0 Å². The summed E-state index contributed by atoms with van der Waals surface area (Å²) in [6, 6.07) is 13.2.